The second-order valence-corrected chi connectivity index (χ2v) is 5.62. The Kier molecular flexibility index (Phi) is 6.99. The molecule has 0 fully saturated rings. The molecule has 0 aliphatic heterocycles. The minimum atomic E-state index is -0.729. The van der Waals surface area contributed by atoms with Crippen molar-refractivity contribution in [2.45, 2.75) is 25.4 Å². The monoisotopic (exact) mass is 260 g/mol. The van der Waals surface area contributed by atoms with Crippen LogP contribution in [0.5, 0.6) is 0 Å². The van der Waals surface area contributed by atoms with E-state index in [-0.39, 0.29) is 6.10 Å². The van der Waals surface area contributed by atoms with Gasteiger partial charge in [0.05, 0.1) is 0 Å². The van der Waals surface area contributed by atoms with Crippen molar-refractivity contribution in [2.24, 2.45) is 0 Å². The van der Waals surface area contributed by atoms with Crippen molar-refractivity contribution < 1.29 is 9.22 Å². The van der Waals surface area contributed by atoms with Crippen LogP contribution in [0.3, 0.4) is 0 Å². The first kappa shape index (κ1) is 14.6. The molecule has 1 aromatic rings. The lowest BCUT2D eigenvalue weighted by molar-refractivity contribution is 0.112. The van der Waals surface area contributed by atoms with Gasteiger partial charge in [0, 0.05) is 11.7 Å². The third-order valence-corrected chi connectivity index (χ3v) is 4.17. The van der Waals surface area contributed by atoms with Crippen molar-refractivity contribution in [2.75, 3.05) is 0 Å². The SMILES string of the molecule is C=CCCC(CC=C)O[SiH2]c1ccc(C=O)cc1. The van der Waals surface area contributed by atoms with Crippen molar-refractivity contribution in [3.63, 3.8) is 0 Å². The molecule has 0 spiro atoms. The molecule has 0 saturated carbocycles. The van der Waals surface area contributed by atoms with Gasteiger partial charge in [0.1, 0.15) is 6.29 Å². The maximum absolute atomic E-state index is 10.5. The van der Waals surface area contributed by atoms with Crippen molar-refractivity contribution >= 4 is 21.2 Å². The number of rotatable bonds is 9. The number of carbonyl (C=O) groups excluding carboxylic acids is 1. The van der Waals surface area contributed by atoms with Crippen LogP contribution in [0.4, 0.5) is 0 Å². The van der Waals surface area contributed by atoms with Crippen LogP contribution in [0.2, 0.25) is 0 Å². The highest BCUT2D eigenvalue weighted by molar-refractivity contribution is 6.46. The van der Waals surface area contributed by atoms with Gasteiger partial charge in [-0.05, 0) is 24.4 Å². The first-order valence-electron chi connectivity index (χ1n) is 6.17. The summed E-state index contributed by atoms with van der Waals surface area (Å²) < 4.78 is 5.98. The van der Waals surface area contributed by atoms with Crippen LogP contribution in [0.1, 0.15) is 29.6 Å². The number of hydrogen-bond donors (Lipinski definition) is 0. The summed E-state index contributed by atoms with van der Waals surface area (Å²) in [6.07, 6.45) is 7.77. The van der Waals surface area contributed by atoms with E-state index >= 15 is 0 Å². The highest BCUT2D eigenvalue weighted by Gasteiger charge is 2.06. The molecule has 0 aromatic heterocycles. The van der Waals surface area contributed by atoms with E-state index < -0.39 is 9.76 Å². The summed E-state index contributed by atoms with van der Waals surface area (Å²) >= 11 is 0. The summed E-state index contributed by atoms with van der Waals surface area (Å²) in [6, 6.07) is 7.64. The third-order valence-electron chi connectivity index (χ3n) is 2.72. The predicted molar refractivity (Wildman–Crippen MR) is 79.1 cm³/mol. The molecule has 1 rings (SSSR count). The average Bonchev–Trinajstić information content (AvgIpc) is 2.42. The Balaban J connectivity index is 2.46. The van der Waals surface area contributed by atoms with Crippen LogP contribution in [0.25, 0.3) is 0 Å². The fourth-order valence-electron chi connectivity index (χ4n) is 1.67. The largest absolute Gasteiger partial charge is 0.415 e. The van der Waals surface area contributed by atoms with Crippen LogP contribution in [-0.4, -0.2) is 22.2 Å². The molecule has 0 heterocycles. The lowest BCUT2D eigenvalue weighted by Gasteiger charge is -2.15. The summed E-state index contributed by atoms with van der Waals surface area (Å²) in [5.41, 5.74) is 0.710. The number of allylic oxidation sites excluding steroid dienone is 1. The normalized spacial score (nSPS) is 12.4. The van der Waals surface area contributed by atoms with E-state index in [1.807, 2.05) is 36.4 Å². The first-order valence-corrected chi connectivity index (χ1v) is 7.46. The molecule has 0 amide bonds. The zero-order chi connectivity index (χ0) is 13.2. The lowest BCUT2D eigenvalue weighted by atomic mass is 10.1. The van der Waals surface area contributed by atoms with Gasteiger partial charge in [0.15, 0.2) is 9.76 Å². The van der Waals surface area contributed by atoms with E-state index in [2.05, 4.69) is 13.2 Å². The zero-order valence-corrected chi connectivity index (χ0v) is 12.1. The van der Waals surface area contributed by atoms with E-state index in [9.17, 15) is 4.79 Å². The van der Waals surface area contributed by atoms with Crippen LogP contribution in [0, 0.1) is 0 Å². The average molecular weight is 260 g/mol. The van der Waals surface area contributed by atoms with Crippen LogP contribution in [0.15, 0.2) is 49.6 Å². The molecule has 0 aliphatic carbocycles. The summed E-state index contributed by atoms with van der Waals surface area (Å²) in [5, 5.41) is 1.22. The topological polar surface area (TPSA) is 26.3 Å². The van der Waals surface area contributed by atoms with Gasteiger partial charge in [-0.3, -0.25) is 4.79 Å². The first-order chi connectivity index (χ1) is 8.80. The maximum atomic E-state index is 10.5. The van der Waals surface area contributed by atoms with E-state index in [1.165, 1.54) is 5.19 Å². The van der Waals surface area contributed by atoms with Gasteiger partial charge in [-0.15, -0.1) is 13.2 Å². The van der Waals surface area contributed by atoms with E-state index in [4.69, 9.17) is 4.43 Å². The Morgan fingerprint density at radius 1 is 1.22 bits per heavy atom. The summed E-state index contributed by atoms with van der Waals surface area (Å²) in [7, 11) is -0.729. The summed E-state index contributed by atoms with van der Waals surface area (Å²) in [5.74, 6) is 0. The Hall–Kier alpha value is -1.45. The Morgan fingerprint density at radius 3 is 2.50 bits per heavy atom. The van der Waals surface area contributed by atoms with Crippen LogP contribution < -0.4 is 5.19 Å². The second-order valence-electron chi connectivity index (χ2n) is 4.18. The molecular formula is C15H20O2Si. The number of aldehydes is 1. The van der Waals surface area contributed by atoms with Crippen molar-refractivity contribution in [3.05, 3.63) is 55.1 Å². The van der Waals surface area contributed by atoms with Gasteiger partial charge in [-0.1, -0.05) is 36.4 Å². The Labute approximate surface area is 111 Å². The molecule has 0 bridgehead atoms. The van der Waals surface area contributed by atoms with Gasteiger partial charge in [0.2, 0.25) is 0 Å². The number of benzene rings is 1. The molecule has 96 valence electrons. The van der Waals surface area contributed by atoms with E-state index in [0.717, 1.165) is 25.5 Å². The molecule has 18 heavy (non-hydrogen) atoms. The summed E-state index contributed by atoms with van der Waals surface area (Å²) in [6.45, 7) is 7.48. The third kappa shape index (κ3) is 5.25. The molecule has 0 N–H and O–H groups in total. The fraction of sp³-hybridized carbons (Fsp3) is 0.267. The second kappa shape index (κ2) is 8.61. The van der Waals surface area contributed by atoms with Gasteiger partial charge in [-0.2, -0.15) is 0 Å². The fourth-order valence-corrected chi connectivity index (χ4v) is 2.82. The molecule has 0 radical (unpaired) electrons. The van der Waals surface area contributed by atoms with Crippen molar-refractivity contribution in [1.82, 2.24) is 0 Å². The molecule has 2 nitrogen and oxygen atoms in total. The lowest BCUT2D eigenvalue weighted by Crippen LogP contribution is -2.24. The minimum absolute atomic E-state index is 0.248. The van der Waals surface area contributed by atoms with Crippen LogP contribution >= 0.6 is 0 Å². The maximum Gasteiger partial charge on any atom is 0.192 e. The minimum Gasteiger partial charge on any atom is -0.415 e. The quantitative estimate of drug-likeness (QED) is 0.386. The molecule has 3 heteroatoms. The molecule has 0 saturated heterocycles. The Bertz CT molecular complexity index is 384. The molecular weight excluding hydrogens is 240 g/mol. The van der Waals surface area contributed by atoms with E-state index in [1.54, 1.807) is 0 Å². The number of hydrogen-bond acceptors (Lipinski definition) is 2. The van der Waals surface area contributed by atoms with Crippen molar-refractivity contribution in [3.8, 4) is 0 Å². The highest BCUT2D eigenvalue weighted by atomic mass is 28.2. The molecule has 1 aromatic carbocycles. The van der Waals surface area contributed by atoms with Gasteiger partial charge in [-0.25, -0.2) is 0 Å². The predicted octanol–water partition coefficient (Wildman–Crippen LogP) is 2.14. The standard InChI is InChI=1S/C15H20O2Si/c1-3-5-7-14(6-4-2)17-18-15-10-8-13(12-16)9-11-15/h3-4,8-12,14H,1-2,5-7,18H2. The molecule has 1 unspecified atom stereocenters. The Morgan fingerprint density at radius 2 is 1.94 bits per heavy atom. The number of carbonyl (C=O) groups is 1. The van der Waals surface area contributed by atoms with Crippen molar-refractivity contribution in [1.29, 1.82) is 0 Å². The van der Waals surface area contributed by atoms with Gasteiger partial charge >= 0.3 is 0 Å². The molecule has 1 atom stereocenters. The van der Waals surface area contributed by atoms with E-state index in [0.29, 0.717) is 5.56 Å². The highest BCUT2D eigenvalue weighted by Crippen LogP contribution is 2.07. The van der Waals surface area contributed by atoms with Crippen LogP contribution in [-0.2, 0) is 4.43 Å². The zero-order valence-electron chi connectivity index (χ0n) is 10.7. The van der Waals surface area contributed by atoms with Gasteiger partial charge in [0.25, 0.3) is 0 Å². The molecule has 0 aliphatic rings. The van der Waals surface area contributed by atoms with Gasteiger partial charge < -0.3 is 4.43 Å². The summed E-state index contributed by atoms with van der Waals surface area (Å²) in [4.78, 5) is 10.5. The smallest absolute Gasteiger partial charge is 0.192 e.